The van der Waals surface area contributed by atoms with Gasteiger partial charge in [-0.1, -0.05) is 6.07 Å². The molecule has 6 nitrogen and oxygen atoms in total. The van der Waals surface area contributed by atoms with E-state index < -0.39 is 9.84 Å². The highest BCUT2D eigenvalue weighted by Gasteiger charge is 2.31. The second-order valence-corrected chi connectivity index (χ2v) is 8.63. The van der Waals surface area contributed by atoms with E-state index in [0.29, 0.717) is 17.7 Å². The third-order valence-corrected chi connectivity index (χ3v) is 6.36. The van der Waals surface area contributed by atoms with Crippen LogP contribution in [0.5, 0.6) is 0 Å². The summed E-state index contributed by atoms with van der Waals surface area (Å²) >= 11 is 0. The zero-order valence-corrected chi connectivity index (χ0v) is 14.9. The molecule has 2 heterocycles. The van der Waals surface area contributed by atoms with Crippen molar-refractivity contribution in [3.05, 3.63) is 46.8 Å². The molecule has 1 unspecified atom stereocenters. The summed E-state index contributed by atoms with van der Waals surface area (Å²) in [7, 11) is -2.99. The standard InChI is InChI=1S/C17H21N3O3S/c1-11-4-5-14(8-12(11)2)19-17(21)16-9-18-20(13(16)3)15-6-7-24(22,23)10-15/h4-5,8-9,15H,6-7,10H2,1-3H3,(H,19,21). The summed E-state index contributed by atoms with van der Waals surface area (Å²) in [5, 5.41) is 7.13. The second kappa shape index (κ2) is 6.05. The maximum atomic E-state index is 12.5. The number of anilines is 1. The Balaban J connectivity index is 1.80. The summed E-state index contributed by atoms with van der Waals surface area (Å²) in [6.45, 7) is 5.81. The van der Waals surface area contributed by atoms with E-state index >= 15 is 0 Å². The number of nitrogens with zero attached hydrogens (tertiary/aromatic N) is 2. The van der Waals surface area contributed by atoms with Gasteiger partial charge in [-0.2, -0.15) is 5.10 Å². The summed E-state index contributed by atoms with van der Waals surface area (Å²) in [4.78, 5) is 12.5. The van der Waals surface area contributed by atoms with Gasteiger partial charge in [0, 0.05) is 11.4 Å². The molecule has 7 heteroatoms. The number of sulfone groups is 1. The fraction of sp³-hybridized carbons (Fsp3) is 0.412. The Morgan fingerprint density at radius 1 is 1.25 bits per heavy atom. The molecule has 128 valence electrons. The van der Waals surface area contributed by atoms with Crippen LogP contribution in [0.25, 0.3) is 0 Å². The van der Waals surface area contributed by atoms with Crippen LogP contribution in [-0.2, 0) is 9.84 Å². The van der Waals surface area contributed by atoms with E-state index in [2.05, 4.69) is 10.4 Å². The lowest BCUT2D eigenvalue weighted by molar-refractivity contribution is 0.102. The lowest BCUT2D eigenvalue weighted by atomic mass is 10.1. The molecule has 1 amide bonds. The Morgan fingerprint density at radius 3 is 2.62 bits per heavy atom. The molecule has 0 saturated carbocycles. The van der Waals surface area contributed by atoms with E-state index in [9.17, 15) is 13.2 Å². The fourth-order valence-electron chi connectivity index (χ4n) is 3.00. The van der Waals surface area contributed by atoms with Crippen molar-refractivity contribution in [1.82, 2.24) is 9.78 Å². The maximum absolute atomic E-state index is 12.5. The van der Waals surface area contributed by atoms with Crippen molar-refractivity contribution in [2.24, 2.45) is 0 Å². The molecule has 0 bridgehead atoms. The van der Waals surface area contributed by atoms with Crippen molar-refractivity contribution >= 4 is 21.4 Å². The highest BCUT2D eigenvalue weighted by atomic mass is 32.2. The summed E-state index contributed by atoms with van der Waals surface area (Å²) in [6, 6.07) is 5.57. The predicted octanol–water partition coefficient (Wildman–Crippen LogP) is 2.42. The number of carbonyl (C=O) groups is 1. The van der Waals surface area contributed by atoms with Crippen molar-refractivity contribution in [2.75, 3.05) is 16.8 Å². The number of hydrogen-bond acceptors (Lipinski definition) is 4. The summed E-state index contributed by atoms with van der Waals surface area (Å²) in [5.41, 5.74) is 4.17. The topological polar surface area (TPSA) is 81.1 Å². The number of amides is 1. The first-order chi connectivity index (χ1) is 11.3. The molecule has 1 atom stereocenters. The quantitative estimate of drug-likeness (QED) is 0.924. The predicted molar refractivity (Wildman–Crippen MR) is 93.1 cm³/mol. The van der Waals surface area contributed by atoms with Crippen LogP contribution in [0.4, 0.5) is 5.69 Å². The Bertz CT molecular complexity index is 900. The van der Waals surface area contributed by atoms with Crippen LogP contribution in [0.3, 0.4) is 0 Å². The van der Waals surface area contributed by atoms with Gasteiger partial charge in [0.15, 0.2) is 9.84 Å². The highest BCUT2D eigenvalue weighted by Crippen LogP contribution is 2.25. The molecule has 0 radical (unpaired) electrons. The van der Waals surface area contributed by atoms with Gasteiger partial charge in [0.1, 0.15) is 0 Å². The minimum atomic E-state index is -2.99. The average molecular weight is 347 g/mol. The SMILES string of the molecule is Cc1ccc(NC(=O)c2cnn(C3CCS(=O)(=O)C3)c2C)cc1C. The summed E-state index contributed by atoms with van der Waals surface area (Å²) in [6.07, 6.45) is 2.06. The molecule has 3 rings (SSSR count). The average Bonchev–Trinajstić information content (AvgIpc) is 3.05. The first-order valence-corrected chi connectivity index (χ1v) is 9.72. The zero-order valence-electron chi connectivity index (χ0n) is 14.0. The number of nitrogens with one attached hydrogen (secondary N) is 1. The van der Waals surface area contributed by atoms with E-state index in [1.54, 1.807) is 11.6 Å². The Labute approximate surface area is 141 Å². The van der Waals surface area contributed by atoms with E-state index in [1.807, 2.05) is 32.0 Å². The Morgan fingerprint density at radius 2 is 2.00 bits per heavy atom. The molecule has 1 aliphatic heterocycles. The second-order valence-electron chi connectivity index (χ2n) is 6.40. The van der Waals surface area contributed by atoms with Crippen LogP contribution >= 0.6 is 0 Å². The maximum Gasteiger partial charge on any atom is 0.259 e. The minimum Gasteiger partial charge on any atom is -0.322 e. The van der Waals surface area contributed by atoms with Gasteiger partial charge in [0.25, 0.3) is 5.91 Å². The van der Waals surface area contributed by atoms with Gasteiger partial charge in [-0.25, -0.2) is 8.42 Å². The van der Waals surface area contributed by atoms with Crippen LogP contribution in [0.15, 0.2) is 24.4 Å². The zero-order chi connectivity index (χ0) is 17.5. The van der Waals surface area contributed by atoms with Crippen LogP contribution in [0.2, 0.25) is 0 Å². The lowest BCUT2D eigenvalue weighted by Gasteiger charge is -2.12. The van der Waals surface area contributed by atoms with Gasteiger partial charge in [-0.15, -0.1) is 0 Å². The van der Waals surface area contributed by atoms with Crippen LogP contribution in [0.1, 0.15) is 39.6 Å². The number of carbonyl (C=O) groups excluding carboxylic acids is 1. The molecule has 2 aromatic rings. The van der Waals surface area contributed by atoms with Crippen molar-refractivity contribution in [1.29, 1.82) is 0 Å². The summed E-state index contributed by atoms with van der Waals surface area (Å²) in [5.74, 6) is 0.0392. The molecule has 1 fully saturated rings. The highest BCUT2D eigenvalue weighted by molar-refractivity contribution is 7.91. The monoisotopic (exact) mass is 347 g/mol. The van der Waals surface area contributed by atoms with Gasteiger partial charge < -0.3 is 5.32 Å². The number of rotatable bonds is 3. The molecule has 0 aliphatic carbocycles. The van der Waals surface area contributed by atoms with Crippen molar-refractivity contribution in [3.8, 4) is 0 Å². The van der Waals surface area contributed by atoms with Gasteiger partial charge in [0.05, 0.1) is 29.3 Å². The van der Waals surface area contributed by atoms with Gasteiger partial charge in [-0.3, -0.25) is 9.48 Å². The first kappa shape index (κ1) is 16.7. The van der Waals surface area contributed by atoms with Crippen LogP contribution < -0.4 is 5.32 Å². The third kappa shape index (κ3) is 3.21. The van der Waals surface area contributed by atoms with Crippen molar-refractivity contribution < 1.29 is 13.2 Å². The molecule has 1 aromatic heterocycles. The van der Waals surface area contributed by atoms with E-state index in [1.165, 1.54) is 11.8 Å². The van der Waals surface area contributed by atoms with Gasteiger partial charge >= 0.3 is 0 Å². The summed E-state index contributed by atoms with van der Waals surface area (Å²) < 4.78 is 25.0. The Hall–Kier alpha value is -2.15. The van der Waals surface area contributed by atoms with Crippen molar-refractivity contribution in [2.45, 2.75) is 33.2 Å². The lowest BCUT2D eigenvalue weighted by Crippen LogP contribution is -2.16. The molecule has 1 N–H and O–H groups in total. The molecule has 1 aliphatic rings. The molecular weight excluding hydrogens is 326 g/mol. The smallest absolute Gasteiger partial charge is 0.259 e. The van der Waals surface area contributed by atoms with E-state index in [4.69, 9.17) is 0 Å². The Kier molecular flexibility index (Phi) is 4.21. The number of aryl methyl sites for hydroxylation is 2. The van der Waals surface area contributed by atoms with Crippen LogP contribution in [-0.4, -0.2) is 35.6 Å². The van der Waals surface area contributed by atoms with Crippen LogP contribution in [0, 0.1) is 20.8 Å². The number of hydrogen-bond donors (Lipinski definition) is 1. The number of benzene rings is 1. The van der Waals surface area contributed by atoms with Gasteiger partial charge in [0.2, 0.25) is 0 Å². The molecular formula is C17H21N3O3S. The first-order valence-electron chi connectivity index (χ1n) is 7.90. The molecule has 1 aromatic carbocycles. The third-order valence-electron chi connectivity index (χ3n) is 4.61. The normalized spacial score (nSPS) is 19.4. The fourth-order valence-corrected chi connectivity index (χ4v) is 4.69. The van der Waals surface area contributed by atoms with E-state index in [0.717, 1.165) is 11.3 Å². The number of aromatic nitrogens is 2. The van der Waals surface area contributed by atoms with Gasteiger partial charge in [-0.05, 0) is 50.5 Å². The molecule has 1 saturated heterocycles. The van der Waals surface area contributed by atoms with Crippen molar-refractivity contribution in [3.63, 3.8) is 0 Å². The minimum absolute atomic E-state index is 0.0910. The van der Waals surface area contributed by atoms with E-state index in [-0.39, 0.29) is 23.5 Å². The molecule has 0 spiro atoms. The molecule has 24 heavy (non-hydrogen) atoms. The largest absolute Gasteiger partial charge is 0.322 e.